The van der Waals surface area contributed by atoms with E-state index in [2.05, 4.69) is 67.0 Å². The molecule has 0 saturated heterocycles. The molecule has 0 rings (SSSR count). The average molecular weight is 707 g/mol. The molecule has 0 aromatic rings. The summed E-state index contributed by atoms with van der Waals surface area (Å²) in [5.41, 5.74) is 0. The third-order valence-corrected chi connectivity index (χ3v) is 7.48. The minimum Gasteiger partial charge on any atom is -0.462 e. The minimum atomic E-state index is -4.79. The van der Waals surface area contributed by atoms with Crippen molar-refractivity contribution in [1.29, 1.82) is 0 Å². The van der Waals surface area contributed by atoms with E-state index >= 15 is 0 Å². The topological polar surface area (TPSA) is 140 Å². The number of aliphatic hydroxyl groups excluding tert-OH is 1. The summed E-state index contributed by atoms with van der Waals surface area (Å²) >= 11 is 0. The molecule has 1 unspecified atom stereocenters. The van der Waals surface area contributed by atoms with Gasteiger partial charge in [0.25, 0.3) is 0 Å². The fraction of sp³-hybridized carbons (Fsp3) is 0.590. The normalized spacial score (nSPS) is 14.1. The van der Waals surface area contributed by atoms with E-state index in [1.807, 2.05) is 12.2 Å². The number of ether oxygens (including phenoxy) is 2. The maximum absolute atomic E-state index is 12.3. The maximum Gasteiger partial charge on any atom is 0.469 e. The molecular weight excluding hydrogens is 643 g/mol. The van der Waals surface area contributed by atoms with Crippen molar-refractivity contribution in [2.45, 2.75) is 135 Å². The molecule has 0 aromatic heterocycles. The van der Waals surface area contributed by atoms with E-state index in [0.717, 1.165) is 64.2 Å². The van der Waals surface area contributed by atoms with Gasteiger partial charge in [-0.05, 0) is 64.2 Å². The highest BCUT2D eigenvalue weighted by Crippen LogP contribution is 2.35. The molecular formula is C39H63O9P. The third kappa shape index (κ3) is 36.3. The molecule has 0 aliphatic heterocycles. The molecule has 0 saturated carbocycles. The molecule has 2 atom stereocenters. The zero-order chi connectivity index (χ0) is 36.3. The van der Waals surface area contributed by atoms with Gasteiger partial charge in [0.05, 0.1) is 12.7 Å². The fourth-order valence-corrected chi connectivity index (χ4v) is 4.65. The molecule has 0 heterocycles. The van der Waals surface area contributed by atoms with Crippen LogP contribution in [0.1, 0.15) is 123 Å². The second-order valence-corrected chi connectivity index (χ2v) is 12.9. The van der Waals surface area contributed by atoms with Crippen molar-refractivity contribution in [2.75, 3.05) is 13.2 Å². The van der Waals surface area contributed by atoms with E-state index in [0.29, 0.717) is 19.3 Å². The van der Waals surface area contributed by atoms with Gasteiger partial charge in [0.15, 0.2) is 6.10 Å². The van der Waals surface area contributed by atoms with Crippen LogP contribution in [0.3, 0.4) is 0 Å². The SMILES string of the molecule is CC/C=C\C/C=C\C/C=C\C/C=C\C=C/C(O)C/C=C\CCC(=O)OC[C@H](COP(=O)(O)O)OC(=O)CCCCCCC/C=C\CCCC. The quantitative estimate of drug-likeness (QED) is 0.0211. The van der Waals surface area contributed by atoms with E-state index in [-0.39, 0.29) is 19.4 Å². The number of phosphoric ester groups is 1. The first-order valence-corrected chi connectivity index (χ1v) is 19.5. The third-order valence-electron chi connectivity index (χ3n) is 6.99. The van der Waals surface area contributed by atoms with E-state index in [9.17, 15) is 19.3 Å². The molecule has 0 radical (unpaired) electrons. The summed E-state index contributed by atoms with van der Waals surface area (Å²) < 4.78 is 26.1. The molecule has 9 nitrogen and oxygen atoms in total. The fourth-order valence-electron chi connectivity index (χ4n) is 4.29. The summed E-state index contributed by atoms with van der Waals surface area (Å²) in [4.78, 5) is 42.6. The van der Waals surface area contributed by atoms with Gasteiger partial charge in [-0.3, -0.25) is 14.1 Å². The van der Waals surface area contributed by atoms with Crippen molar-refractivity contribution in [2.24, 2.45) is 0 Å². The lowest BCUT2D eigenvalue weighted by Crippen LogP contribution is -2.29. The van der Waals surface area contributed by atoms with Gasteiger partial charge in [-0.15, -0.1) is 0 Å². The van der Waals surface area contributed by atoms with Crippen LogP contribution in [0, 0.1) is 0 Å². The Morgan fingerprint density at radius 3 is 1.94 bits per heavy atom. The zero-order valence-electron chi connectivity index (χ0n) is 29.9. The molecule has 278 valence electrons. The number of esters is 2. The molecule has 0 spiro atoms. The second-order valence-electron chi connectivity index (χ2n) is 11.7. The van der Waals surface area contributed by atoms with Crippen LogP contribution < -0.4 is 0 Å². The Kier molecular flexibility index (Phi) is 31.7. The number of aliphatic hydroxyl groups is 1. The van der Waals surface area contributed by atoms with E-state index in [1.54, 1.807) is 24.3 Å². The molecule has 0 aromatic carbocycles. The highest BCUT2D eigenvalue weighted by atomic mass is 31.2. The second kappa shape index (κ2) is 33.7. The number of hydrogen-bond acceptors (Lipinski definition) is 7. The van der Waals surface area contributed by atoms with Gasteiger partial charge in [0.1, 0.15) is 6.61 Å². The Morgan fingerprint density at radius 1 is 0.653 bits per heavy atom. The highest BCUT2D eigenvalue weighted by Gasteiger charge is 2.22. The van der Waals surface area contributed by atoms with Gasteiger partial charge in [0.2, 0.25) is 0 Å². The van der Waals surface area contributed by atoms with Crippen molar-refractivity contribution in [3.63, 3.8) is 0 Å². The molecule has 0 fully saturated rings. The van der Waals surface area contributed by atoms with Crippen LogP contribution in [0.25, 0.3) is 0 Å². The van der Waals surface area contributed by atoms with Gasteiger partial charge in [0, 0.05) is 12.8 Å². The lowest BCUT2D eigenvalue weighted by molar-refractivity contribution is -0.161. The van der Waals surface area contributed by atoms with Crippen molar-refractivity contribution < 1.29 is 43.0 Å². The molecule has 0 aliphatic carbocycles. The van der Waals surface area contributed by atoms with Crippen LogP contribution in [-0.2, 0) is 28.2 Å². The number of unbranched alkanes of at least 4 members (excludes halogenated alkanes) is 7. The first-order valence-electron chi connectivity index (χ1n) is 18.0. The Hall–Kier alpha value is -2.81. The predicted octanol–water partition coefficient (Wildman–Crippen LogP) is 9.48. The molecule has 10 heteroatoms. The van der Waals surface area contributed by atoms with Gasteiger partial charge in [-0.1, -0.05) is 131 Å². The van der Waals surface area contributed by atoms with Crippen molar-refractivity contribution in [3.05, 3.63) is 85.1 Å². The first kappa shape index (κ1) is 46.2. The standard InChI is InChI=1S/C39H63O9P/c1-3-5-7-9-11-13-15-16-18-19-21-23-26-30-36(40)31-27-25-29-32-38(41)46-34-37(35-47-49(43,44)45)48-39(42)33-28-24-22-20-17-14-12-10-8-6-4-2/h5,7,10-13,16,18,21,23,25-27,30,36-37,40H,3-4,6,8-9,14-15,17,19-20,22,24,28-29,31-35H2,1-2H3,(H2,43,44,45)/b7-5-,12-10-,13-11-,18-16-,23-21-,27-25-,30-26-/t36?,37-/m1/s1. The van der Waals surface area contributed by atoms with Crippen LogP contribution in [0.15, 0.2) is 85.1 Å². The molecule has 3 N–H and O–H groups in total. The number of rotatable bonds is 31. The first-order chi connectivity index (χ1) is 23.7. The smallest absolute Gasteiger partial charge is 0.462 e. The molecule has 49 heavy (non-hydrogen) atoms. The summed E-state index contributed by atoms with van der Waals surface area (Å²) in [6.07, 6.45) is 40.6. The Labute approximate surface area is 295 Å². The lowest BCUT2D eigenvalue weighted by atomic mass is 10.1. The summed E-state index contributed by atoms with van der Waals surface area (Å²) in [6.45, 7) is 3.33. The summed E-state index contributed by atoms with van der Waals surface area (Å²) in [6, 6.07) is 0. The molecule has 0 bridgehead atoms. The average Bonchev–Trinajstić information content (AvgIpc) is 3.06. The van der Waals surface area contributed by atoms with Crippen molar-refractivity contribution >= 4 is 19.8 Å². The minimum absolute atomic E-state index is 0.0545. The predicted molar refractivity (Wildman–Crippen MR) is 199 cm³/mol. The Balaban J connectivity index is 4.26. The summed E-state index contributed by atoms with van der Waals surface area (Å²) in [7, 11) is -4.79. The van der Waals surface area contributed by atoms with Crippen LogP contribution in [0.4, 0.5) is 0 Å². The van der Waals surface area contributed by atoms with Crippen LogP contribution >= 0.6 is 7.82 Å². The monoisotopic (exact) mass is 706 g/mol. The number of allylic oxidation sites excluding steroid dienone is 12. The van der Waals surface area contributed by atoms with Gasteiger partial charge in [-0.2, -0.15) is 0 Å². The number of carbonyl (C=O) groups is 2. The van der Waals surface area contributed by atoms with Gasteiger partial charge in [-0.25, -0.2) is 4.57 Å². The van der Waals surface area contributed by atoms with E-state index in [4.69, 9.17) is 19.3 Å². The Bertz CT molecular complexity index is 1080. The van der Waals surface area contributed by atoms with E-state index < -0.39 is 38.6 Å². The summed E-state index contributed by atoms with van der Waals surface area (Å²) in [5, 5.41) is 10.1. The lowest BCUT2D eigenvalue weighted by Gasteiger charge is -2.18. The van der Waals surface area contributed by atoms with Crippen LogP contribution in [0.2, 0.25) is 0 Å². The summed E-state index contributed by atoms with van der Waals surface area (Å²) in [5.74, 6) is -1.09. The zero-order valence-corrected chi connectivity index (χ0v) is 30.8. The number of phosphoric acid groups is 1. The number of hydrogen-bond donors (Lipinski definition) is 3. The van der Waals surface area contributed by atoms with Gasteiger partial charge < -0.3 is 24.4 Å². The van der Waals surface area contributed by atoms with Crippen molar-refractivity contribution in [1.82, 2.24) is 0 Å². The molecule has 0 amide bonds. The van der Waals surface area contributed by atoms with Crippen LogP contribution in [0.5, 0.6) is 0 Å². The highest BCUT2D eigenvalue weighted by molar-refractivity contribution is 7.46. The van der Waals surface area contributed by atoms with Gasteiger partial charge >= 0.3 is 19.8 Å². The Morgan fingerprint density at radius 2 is 1.27 bits per heavy atom. The van der Waals surface area contributed by atoms with Crippen molar-refractivity contribution in [3.8, 4) is 0 Å². The number of carbonyl (C=O) groups excluding carboxylic acids is 2. The maximum atomic E-state index is 12.3. The van der Waals surface area contributed by atoms with E-state index in [1.165, 1.54) is 12.8 Å². The largest absolute Gasteiger partial charge is 0.469 e. The molecule has 0 aliphatic rings. The van der Waals surface area contributed by atoms with Crippen LogP contribution in [-0.4, -0.2) is 52.3 Å².